The van der Waals surface area contributed by atoms with Crippen LogP contribution in [-0.4, -0.2) is 68.5 Å². The van der Waals surface area contributed by atoms with Gasteiger partial charge in [0.15, 0.2) is 0 Å². The van der Waals surface area contributed by atoms with Gasteiger partial charge in [-0.3, -0.25) is 9.36 Å². The molecule has 53 heavy (non-hydrogen) atoms. The minimum atomic E-state index is -4.56. The molecule has 316 valence electrons. The Morgan fingerprint density at radius 2 is 1.02 bits per heavy atom. The van der Waals surface area contributed by atoms with Crippen LogP contribution in [0.2, 0.25) is 0 Å². The second-order valence-electron chi connectivity index (χ2n) is 16.8. The second kappa shape index (κ2) is 36.9. The Kier molecular flexibility index (Phi) is 36.3. The highest BCUT2D eigenvalue weighted by Gasteiger charge is 2.23. The number of allylic oxidation sites excluding steroid dienone is 1. The number of nitrogens with zero attached hydrogens (tertiary/aromatic N) is 1. The predicted octanol–water partition coefficient (Wildman–Crippen LogP) is 11.7. The molecular weight excluding hydrogens is 683 g/mol. The van der Waals surface area contributed by atoms with Crippen molar-refractivity contribution in [2.24, 2.45) is 0 Å². The van der Waals surface area contributed by atoms with Gasteiger partial charge in [0.1, 0.15) is 13.2 Å². The minimum absolute atomic E-state index is 0.000406. The SMILES string of the molecule is CCCC/C=C/C(O)C(COP(=O)([O-])OCC[N+](C)(C)C)NC(=O)CCCCCCCCCCCCCCCCCCCCCCCCCCCCC. The number of rotatable bonds is 41. The van der Waals surface area contributed by atoms with Gasteiger partial charge in [-0.1, -0.05) is 206 Å². The van der Waals surface area contributed by atoms with E-state index >= 15 is 0 Å². The largest absolute Gasteiger partial charge is 0.756 e. The third kappa shape index (κ3) is 39.3. The van der Waals surface area contributed by atoms with Crippen LogP contribution in [0.1, 0.15) is 213 Å². The zero-order valence-electron chi connectivity index (χ0n) is 35.7. The van der Waals surface area contributed by atoms with Crippen LogP contribution >= 0.6 is 7.82 Å². The summed E-state index contributed by atoms with van der Waals surface area (Å²) < 4.78 is 22.9. The number of quaternary nitrogens is 1. The van der Waals surface area contributed by atoms with Gasteiger partial charge in [-0.2, -0.15) is 0 Å². The Hall–Kier alpha value is -0.760. The van der Waals surface area contributed by atoms with E-state index in [0.717, 1.165) is 38.5 Å². The van der Waals surface area contributed by atoms with E-state index < -0.39 is 20.0 Å². The lowest BCUT2D eigenvalue weighted by Gasteiger charge is -2.29. The van der Waals surface area contributed by atoms with Gasteiger partial charge in [-0.25, -0.2) is 0 Å². The number of unbranched alkanes of at least 4 members (excludes halogenated alkanes) is 28. The molecule has 0 aromatic heterocycles. The highest BCUT2D eigenvalue weighted by Crippen LogP contribution is 2.38. The van der Waals surface area contributed by atoms with Gasteiger partial charge >= 0.3 is 0 Å². The van der Waals surface area contributed by atoms with Crippen molar-refractivity contribution >= 4 is 13.7 Å². The summed E-state index contributed by atoms with van der Waals surface area (Å²) in [6.45, 7) is 4.50. The first-order chi connectivity index (χ1) is 25.5. The number of carbonyl (C=O) groups is 1. The van der Waals surface area contributed by atoms with Crippen LogP contribution in [0.25, 0.3) is 0 Å². The van der Waals surface area contributed by atoms with E-state index in [4.69, 9.17) is 9.05 Å². The van der Waals surface area contributed by atoms with Gasteiger partial charge < -0.3 is 28.8 Å². The summed E-state index contributed by atoms with van der Waals surface area (Å²) in [5.74, 6) is -0.203. The molecule has 0 radical (unpaired) electrons. The fraction of sp³-hybridized carbons (Fsp3) is 0.932. The molecule has 3 unspecified atom stereocenters. The van der Waals surface area contributed by atoms with Gasteiger partial charge in [0, 0.05) is 6.42 Å². The van der Waals surface area contributed by atoms with E-state index in [-0.39, 0.29) is 19.1 Å². The number of amides is 1. The fourth-order valence-corrected chi connectivity index (χ4v) is 7.33. The lowest BCUT2D eigenvalue weighted by molar-refractivity contribution is -0.870. The third-order valence-corrected chi connectivity index (χ3v) is 11.2. The smallest absolute Gasteiger partial charge is 0.268 e. The third-order valence-electron chi connectivity index (χ3n) is 10.2. The van der Waals surface area contributed by atoms with E-state index in [0.29, 0.717) is 17.4 Å². The van der Waals surface area contributed by atoms with Gasteiger partial charge in [-0.15, -0.1) is 0 Å². The molecule has 0 saturated heterocycles. The number of hydrogen-bond donors (Lipinski definition) is 2. The first kappa shape index (κ1) is 52.2. The number of aliphatic hydroxyl groups is 1. The van der Waals surface area contributed by atoms with Crippen molar-refractivity contribution < 1.29 is 32.9 Å². The molecule has 0 aromatic rings. The van der Waals surface area contributed by atoms with E-state index in [1.807, 2.05) is 27.2 Å². The summed E-state index contributed by atoms with van der Waals surface area (Å²) in [4.78, 5) is 25.0. The molecule has 0 aromatic carbocycles. The number of phosphoric ester groups is 1. The number of likely N-dealkylation sites (N-methyl/N-ethyl adjacent to an activating group) is 1. The van der Waals surface area contributed by atoms with E-state index in [1.54, 1.807) is 6.08 Å². The monoisotopic (exact) mass is 773 g/mol. The molecule has 0 heterocycles. The summed E-state index contributed by atoms with van der Waals surface area (Å²) in [5, 5.41) is 13.5. The zero-order chi connectivity index (χ0) is 39.3. The maximum atomic E-state index is 12.7. The number of phosphoric acid groups is 1. The molecule has 0 aliphatic rings. The van der Waals surface area contributed by atoms with Crippen molar-refractivity contribution in [1.29, 1.82) is 0 Å². The van der Waals surface area contributed by atoms with E-state index in [2.05, 4.69) is 19.2 Å². The molecule has 0 aliphatic heterocycles. The lowest BCUT2D eigenvalue weighted by Crippen LogP contribution is -2.45. The van der Waals surface area contributed by atoms with Crippen molar-refractivity contribution in [2.75, 3.05) is 40.9 Å². The van der Waals surface area contributed by atoms with Gasteiger partial charge in [0.05, 0.1) is 39.9 Å². The Balaban J connectivity index is 3.83. The van der Waals surface area contributed by atoms with Crippen LogP contribution in [0, 0.1) is 0 Å². The first-order valence-electron chi connectivity index (χ1n) is 22.6. The van der Waals surface area contributed by atoms with Crippen molar-refractivity contribution in [3.8, 4) is 0 Å². The lowest BCUT2D eigenvalue weighted by atomic mass is 10.0. The second-order valence-corrected chi connectivity index (χ2v) is 18.2. The summed E-state index contributed by atoms with van der Waals surface area (Å²) in [5.41, 5.74) is 0. The Morgan fingerprint density at radius 1 is 0.642 bits per heavy atom. The van der Waals surface area contributed by atoms with Crippen molar-refractivity contribution in [1.82, 2.24) is 5.32 Å². The van der Waals surface area contributed by atoms with Crippen LogP contribution in [0.15, 0.2) is 12.2 Å². The number of aliphatic hydroxyl groups excluding tert-OH is 1. The Bertz CT molecular complexity index is 880. The molecule has 0 spiro atoms. The van der Waals surface area contributed by atoms with Crippen molar-refractivity contribution in [3.63, 3.8) is 0 Å². The summed E-state index contributed by atoms with van der Waals surface area (Å²) in [6, 6.07) is -0.876. The molecule has 2 N–H and O–H groups in total. The zero-order valence-corrected chi connectivity index (χ0v) is 36.6. The van der Waals surface area contributed by atoms with E-state index in [1.165, 1.54) is 154 Å². The molecule has 0 bridgehead atoms. The molecule has 0 saturated carbocycles. The molecule has 8 nitrogen and oxygen atoms in total. The highest BCUT2D eigenvalue weighted by molar-refractivity contribution is 7.45. The van der Waals surface area contributed by atoms with Gasteiger partial charge in [0.25, 0.3) is 7.82 Å². The van der Waals surface area contributed by atoms with Crippen LogP contribution in [0.5, 0.6) is 0 Å². The minimum Gasteiger partial charge on any atom is -0.756 e. The first-order valence-corrected chi connectivity index (χ1v) is 24.0. The molecule has 0 rings (SSSR count). The number of carbonyl (C=O) groups excluding carboxylic acids is 1. The summed E-state index contributed by atoms with van der Waals surface area (Å²) >= 11 is 0. The molecule has 0 fully saturated rings. The van der Waals surface area contributed by atoms with Crippen LogP contribution in [-0.2, 0) is 18.4 Å². The Morgan fingerprint density at radius 3 is 1.40 bits per heavy atom. The topological polar surface area (TPSA) is 108 Å². The molecule has 9 heteroatoms. The highest BCUT2D eigenvalue weighted by atomic mass is 31.2. The molecule has 3 atom stereocenters. The normalized spacial score (nSPS) is 14.5. The molecule has 1 amide bonds. The Labute approximate surface area is 329 Å². The van der Waals surface area contributed by atoms with Crippen molar-refractivity contribution in [2.45, 2.75) is 225 Å². The van der Waals surface area contributed by atoms with Crippen LogP contribution in [0.4, 0.5) is 0 Å². The maximum Gasteiger partial charge on any atom is 0.268 e. The van der Waals surface area contributed by atoms with Gasteiger partial charge in [-0.05, 0) is 12.8 Å². The van der Waals surface area contributed by atoms with Crippen molar-refractivity contribution in [3.05, 3.63) is 12.2 Å². The summed E-state index contributed by atoms with van der Waals surface area (Å²) in [7, 11) is 1.26. The van der Waals surface area contributed by atoms with Crippen LogP contribution < -0.4 is 10.2 Å². The molecular formula is C44H89N2O6P. The standard InChI is InChI=1S/C44H89N2O6P/c1-6-8-10-12-13-14-15-16-17-18-19-20-21-22-23-24-25-26-27-28-29-30-31-32-33-34-36-38-44(48)45-42(43(47)37-35-11-9-7-2)41-52-53(49,50)51-40-39-46(3,4)5/h35,37,42-43,47H,6-34,36,38-41H2,1-5H3,(H-,45,48,49,50)/b37-35+. The van der Waals surface area contributed by atoms with Crippen LogP contribution in [0.3, 0.4) is 0 Å². The molecule has 0 aliphatic carbocycles. The predicted molar refractivity (Wildman–Crippen MR) is 224 cm³/mol. The maximum absolute atomic E-state index is 12.7. The quantitative estimate of drug-likeness (QED) is 0.0277. The number of hydrogen-bond acceptors (Lipinski definition) is 6. The van der Waals surface area contributed by atoms with E-state index in [9.17, 15) is 19.4 Å². The average Bonchev–Trinajstić information content (AvgIpc) is 3.10. The average molecular weight is 773 g/mol. The fourth-order valence-electron chi connectivity index (χ4n) is 6.61. The van der Waals surface area contributed by atoms with Gasteiger partial charge in [0.2, 0.25) is 5.91 Å². The summed E-state index contributed by atoms with van der Waals surface area (Å²) in [6.07, 6.45) is 42.0. The number of nitrogens with one attached hydrogen (secondary N) is 1.